The maximum absolute atomic E-state index is 13.4. The number of halogens is 1. The topological polar surface area (TPSA) is 58.6 Å². The molecule has 0 bridgehead atoms. The zero-order chi connectivity index (χ0) is 23.6. The van der Waals surface area contributed by atoms with Gasteiger partial charge in [0.15, 0.2) is 6.61 Å². The van der Waals surface area contributed by atoms with Gasteiger partial charge in [0.05, 0.1) is 0 Å². The number of carbonyl (C=O) groups is 2. The lowest BCUT2D eigenvalue weighted by Gasteiger charge is -2.32. The highest BCUT2D eigenvalue weighted by molar-refractivity contribution is 6.30. The number of hydrogen-bond donors (Lipinski definition) is 1. The Balaban J connectivity index is 1.90. The number of rotatable bonds is 10. The van der Waals surface area contributed by atoms with Crippen LogP contribution >= 0.6 is 11.6 Å². The predicted molar refractivity (Wildman–Crippen MR) is 131 cm³/mol. The van der Waals surface area contributed by atoms with Crippen LogP contribution in [0.3, 0.4) is 0 Å². The summed E-state index contributed by atoms with van der Waals surface area (Å²) in [5.41, 5.74) is 1.81. The van der Waals surface area contributed by atoms with Crippen molar-refractivity contribution >= 4 is 23.4 Å². The van der Waals surface area contributed by atoms with Gasteiger partial charge < -0.3 is 15.0 Å². The molecule has 2 amide bonds. The van der Waals surface area contributed by atoms with Crippen molar-refractivity contribution in [3.8, 4) is 5.75 Å². The van der Waals surface area contributed by atoms with E-state index in [4.69, 9.17) is 16.3 Å². The molecule has 5 nitrogen and oxygen atoms in total. The molecule has 0 aromatic heterocycles. The van der Waals surface area contributed by atoms with Gasteiger partial charge in [-0.05, 0) is 49.2 Å². The molecule has 33 heavy (non-hydrogen) atoms. The van der Waals surface area contributed by atoms with Crippen LogP contribution < -0.4 is 10.1 Å². The highest BCUT2D eigenvalue weighted by Crippen LogP contribution is 2.18. The normalized spacial score (nSPS) is 11.6. The first kappa shape index (κ1) is 24.3. The Morgan fingerprint density at radius 2 is 1.55 bits per heavy atom. The van der Waals surface area contributed by atoms with Gasteiger partial charge in [-0.1, -0.05) is 72.3 Å². The first-order chi connectivity index (χ1) is 15.9. The molecule has 0 saturated heterocycles. The van der Waals surface area contributed by atoms with E-state index in [0.717, 1.165) is 11.1 Å². The van der Waals surface area contributed by atoms with E-state index in [1.165, 1.54) is 0 Å². The summed E-state index contributed by atoms with van der Waals surface area (Å²) in [6.45, 7) is 3.86. The van der Waals surface area contributed by atoms with Gasteiger partial charge in [0.1, 0.15) is 11.8 Å². The first-order valence-electron chi connectivity index (χ1n) is 11.0. The summed E-state index contributed by atoms with van der Waals surface area (Å²) in [6, 6.07) is 25.4. The Labute approximate surface area is 200 Å². The van der Waals surface area contributed by atoms with Gasteiger partial charge in [0.25, 0.3) is 5.91 Å². The van der Waals surface area contributed by atoms with Crippen LogP contribution in [-0.4, -0.2) is 35.4 Å². The molecule has 6 heteroatoms. The largest absolute Gasteiger partial charge is 0.484 e. The molecule has 0 radical (unpaired) electrons. The summed E-state index contributed by atoms with van der Waals surface area (Å²) in [6.07, 6.45) is 0.386. The molecule has 0 aliphatic carbocycles. The van der Waals surface area contributed by atoms with Crippen molar-refractivity contribution in [1.29, 1.82) is 0 Å². The van der Waals surface area contributed by atoms with Gasteiger partial charge in [-0.25, -0.2) is 0 Å². The van der Waals surface area contributed by atoms with Gasteiger partial charge in [0, 0.05) is 24.0 Å². The maximum Gasteiger partial charge on any atom is 0.261 e. The third-order valence-corrected chi connectivity index (χ3v) is 5.28. The van der Waals surface area contributed by atoms with E-state index in [1.54, 1.807) is 29.2 Å². The number of nitrogens with zero attached hydrogens (tertiary/aromatic N) is 1. The molecule has 3 aromatic carbocycles. The van der Waals surface area contributed by atoms with Crippen molar-refractivity contribution < 1.29 is 14.3 Å². The molecular weight excluding hydrogens is 436 g/mol. The minimum atomic E-state index is -0.708. The van der Waals surface area contributed by atoms with E-state index >= 15 is 0 Å². The molecule has 0 aliphatic rings. The number of hydrogen-bond acceptors (Lipinski definition) is 3. The Bertz CT molecular complexity index is 1040. The third kappa shape index (κ3) is 7.65. The summed E-state index contributed by atoms with van der Waals surface area (Å²) in [7, 11) is 0. The quantitative estimate of drug-likeness (QED) is 0.465. The molecule has 0 spiro atoms. The fourth-order valence-corrected chi connectivity index (χ4v) is 3.72. The average molecular weight is 465 g/mol. The standard InChI is InChI=1S/C27H29ClN2O3/c1-20(2)29-27(32)25(17-21-10-5-3-6-11-21)30(18-22-12-9-13-23(28)16-22)26(31)19-33-24-14-7-4-8-15-24/h3-16,20,25H,17-19H2,1-2H3,(H,29,32)/t25-/m0/s1. The SMILES string of the molecule is CC(C)NC(=O)[C@H](Cc1ccccc1)N(Cc1cccc(Cl)c1)C(=O)COc1ccccc1. The highest BCUT2D eigenvalue weighted by atomic mass is 35.5. The Hall–Kier alpha value is -3.31. The number of benzene rings is 3. The number of nitrogens with one attached hydrogen (secondary N) is 1. The van der Waals surface area contributed by atoms with Crippen LogP contribution in [0, 0.1) is 0 Å². The van der Waals surface area contributed by atoms with Gasteiger partial charge in [-0.3, -0.25) is 9.59 Å². The molecule has 0 saturated carbocycles. The number of amides is 2. The Morgan fingerprint density at radius 3 is 2.18 bits per heavy atom. The molecule has 3 rings (SSSR count). The van der Waals surface area contributed by atoms with Crippen molar-refractivity contribution in [3.63, 3.8) is 0 Å². The summed E-state index contributed by atoms with van der Waals surface area (Å²) >= 11 is 6.18. The van der Waals surface area contributed by atoms with Crippen LogP contribution in [0.5, 0.6) is 5.75 Å². The van der Waals surface area contributed by atoms with E-state index in [-0.39, 0.29) is 31.0 Å². The van der Waals surface area contributed by atoms with E-state index in [2.05, 4.69) is 5.32 Å². The third-order valence-electron chi connectivity index (χ3n) is 5.05. The van der Waals surface area contributed by atoms with Crippen LogP contribution in [0.2, 0.25) is 5.02 Å². The van der Waals surface area contributed by atoms with Crippen molar-refractivity contribution in [3.05, 3.63) is 101 Å². The predicted octanol–water partition coefficient (Wildman–Crippen LogP) is 4.88. The highest BCUT2D eigenvalue weighted by Gasteiger charge is 2.31. The number of para-hydroxylation sites is 1. The van der Waals surface area contributed by atoms with Crippen LogP contribution in [-0.2, 0) is 22.6 Å². The van der Waals surface area contributed by atoms with Gasteiger partial charge in [-0.15, -0.1) is 0 Å². The van der Waals surface area contributed by atoms with Crippen LogP contribution in [0.1, 0.15) is 25.0 Å². The van der Waals surface area contributed by atoms with E-state index in [1.807, 2.05) is 74.5 Å². The summed E-state index contributed by atoms with van der Waals surface area (Å²) in [5.74, 6) is 0.113. The summed E-state index contributed by atoms with van der Waals surface area (Å²) in [5, 5.41) is 3.55. The zero-order valence-electron chi connectivity index (χ0n) is 18.9. The smallest absolute Gasteiger partial charge is 0.261 e. The van der Waals surface area contributed by atoms with Gasteiger partial charge in [-0.2, -0.15) is 0 Å². The lowest BCUT2D eigenvalue weighted by atomic mass is 10.0. The lowest BCUT2D eigenvalue weighted by molar-refractivity contribution is -0.143. The lowest BCUT2D eigenvalue weighted by Crippen LogP contribution is -2.52. The molecule has 1 atom stereocenters. The summed E-state index contributed by atoms with van der Waals surface area (Å²) in [4.78, 5) is 28.3. The molecule has 0 heterocycles. The second-order valence-corrected chi connectivity index (χ2v) is 8.56. The van der Waals surface area contributed by atoms with Crippen molar-refractivity contribution in [2.45, 2.75) is 38.9 Å². The molecular formula is C27H29ClN2O3. The fraction of sp³-hybridized carbons (Fsp3) is 0.259. The molecule has 0 unspecified atom stereocenters. The first-order valence-corrected chi connectivity index (χ1v) is 11.4. The second-order valence-electron chi connectivity index (χ2n) is 8.12. The number of carbonyl (C=O) groups excluding carboxylic acids is 2. The Kier molecular flexibility index (Phi) is 8.90. The minimum Gasteiger partial charge on any atom is -0.484 e. The van der Waals surface area contributed by atoms with Gasteiger partial charge in [0.2, 0.25) is 5.91 Å². The molecule has 0 fully saturated rings. The second kappa shape index (κ2) is 12.1. The molecule has 3 aromatic rings. The van der Waals surface area contributed by atoms with E-state index in [9.17, 15) is 9.59 Å². The van der Waals surface area contributed by atoms with Gasteiger partial charge >= 0.3 is 0 Å². The van der Waals surface area contributed by atoms with Crippen LogP contribution in [0.15, 0.2) is 84.9 Å². The average Bonchev–Trinajstić information content (AvgIpc) is 2.80. The molecule has 1 N–H and O–H groups in total. The Morgan fingerprint density at radius 1 is 0.909 bits per heavy atom. The van der Waals surface area contributed by atoms with Crippen LogP contribution in [0.4, 0.5) is 0 Å². The minimum absolute atomic E-state index is 0.0561. The van der Waals surface area contributed by atoms with Crippen molar-refractivity contribution in [2.75, 3.05) is 6.61 Å². The molecule has 0 aliphatic heterocycles. The zero-order valence-corrected chi connectivity index (χ0v) is 19.7. The van der Waals surface area contributed by atoms with Crippen LogP contribution in [0.25, 0.3) is 0 Å². The monoisotopic (exact) mass is 464 g/mol. The summed E-state index contributed by atoms with van der Waals surface area (Å²) < 4.78 is 5.72. The fourth-order valence-electron chi connectivity index (χ4n) is 3.51. The van der Waals surface area contributed by atoms with Crippen molar-refractivity contribution in [2.24, 2.45) is 0 Å². The van der Waals surface area contributed by atoms with E-state index < -0.39 is 6.04 Å². The number of ether oxygens (including phenoxy) is 1. The van der Waals surface area contributed by atoms with Crippen molar-refractivity contribution in [1.82, 2.24) is 10.2 Å². The molecule has 172 valence electrons. The maximum atomic E-state index is 13.4. The van der Waals surface area contributed by atoms with E-state index in [0.29, 0.717) is 17.2 Å².